The molecule has 134 valence electrons. The highest BCUT2D eigenvalue weighted by molar-refractivity contribution is 14.0. The minimum atomic E-state index is -0.415. The topological polar surface area (TPSA) is 79.5 Å². The van der Waals surface area contributed by atoms with E-state index in [-0.39, 0.29) is 24.0 Å². The Balaban J connectivity index is 0.00000312. The summed E-state index contributed by atoms with van der Waals surface area (Å²) in [6, 6.07) is 15.6. The first-order valence-electron chi connectivity index (χ1n) is 8.04. The Morgan fingerprint density at radius 2 is 1.60 bits per heavy atom. The molecule has 25 heavy (non-hydrogen) atoms. The smallest absolute Gasteiger partial charge is 0.248 e. The molecule has 0 aliphatic heterocycles. The monoisotopic (exact) mass is 452 g/mol. The van der Waals surface area contributed by atoms with E-state index in [0.717, 1.165) is 24.5 Å². The number of rotatable bonds is 6. The number of hydrogen-bond donors (Lipinski definition) is 3. The number of aliphatic imine (C=N–C) groups is 1. The minimum Gasteiger partial charge on any atom is -0.366 e. The molecule has 0 aliphatic carbocycles. The maximum Gasteiger partial charge on any atom is 0.248 e. The standard InChI is InChI=1S/C19H24N4O.HI/c1-3-15-6-4-5-7-17(15)13-23-19(21-2)22-12-14-8-10-16(11-9-14)18(20)24;/h4-11H,3,12-13H2,1-2H3,(H2,20,24)(H2,21,22,23);1H. The van der Waals surface area contributed by atoms with Crippen molar-refractivity contribution in [3.8, 4) is 0 Å². The van der Waals surface area contributed by atoms with Crippen LogP contribution in [0.2, 0.25) is 0 Å². The minimum absolute atomic E-state index is 0. The van der Waals surface area contributed by atoms with Crippen molar-refractivity contribution in [1.29, 1.82) is 0 Å². The predicted molar refractivity (Wildman–Crippen MR) is 113 cm³/mol. The zero-order valence-corrected chi connectivity index (χ0v) is 16.9. The van der Waals surface area contributed by atoms with Gasteiger partial charge < -0.3 is 16.4 Å². The summed E-state index contributed by atoms with van der Waals surface area (Å²) in [5.74, 6) is 0.321. The van der Waals surface area contributed by atoms with Gasteiger partial charge in [0.25, 0.3) is 0 Å². The number of nitrogens with one attached hydrogen (secondary N) is 2. The van der Waals surface area contributed by atoms with Gasteiger partial charge in [-0.1, -0.05) is 43.3 Å². The molecule has 0 heterocycles. The van der Waals surface area contributed by atoms with Gasteiger partial charge in [0.05, 0.1) is 0 Å². The van der Waals surface area contributed by atoms with E-state index in [1.54, 1.807) is 19.2 Å². The summed E-state index contributed by atoms with van der Waals surface area (Å²) in [7, 11) is 1.75. The lowest BCUT2D eigenvalue weighted by atomic mass is 10.1. The lowest BCUT2D eigenvalue weighted by Crippen LogP contribution is -2.36. The van der Waals surface area contributed by atoms with E-state index in [4.69, 9.17) is 5.73 Å². The van der Waals surface area contributed by atoms with Crippen molar-refractivity contribution < 1.29 is 4.79 Å². The lowest BCUT2D eigenvalue weighted by Gasteiger charge is -2.14. The number of carbonyl (C=O) groups excluding carboxylic acids is 1. The Morgan fingerprint density at radius 3 is 2.16 bits per heavy atom. The fourth-order valence-electron chi connectivity index (χ4n) is 2.45. The molecule has 0 fully saturated rings. The molecule has 0 bridgehead atoms. The molecule has 2 rings (SSSR count). The van der Waals surface area contributed by atoms with Crippen molar-refractivity contribution in [2.24, 2.45) is 10.7 Å². The summed E-state index contributed by atoms with van der Waals surface area (Å²) in [4.78, 5) is 15.3. The van der Waals surface area contributed by atoms with Crippen molar-refractivity contribution >= 4 is 35.8 Å². The number of amides is 1. The van der Waals surface area contributed by atoms with E-state index in [9.17, 15) is 4.79 Å². The zero-order valence-electron chi connectivity index (χ0n) is 14.6. The lowest BCUT2D eigenvalue weighted by molar-refractivity contribution is 0.100. The maximum absolute atomic E-state index is 11.1. The van der Waals surface area contributed by atoms with E-state index in [1.807, 2.05) is 18.2 Å². The normalized spacial score (nSPS) is 10.7. The van der Waals surface area contributed by atoms with Crippen molar-refractivity contribution in [1.82, 2.24) is 10.6 Å². The van der Waals surface area contributed by atoms with Crippen LogP contribution in [-0.2, 0) is 19.5 Å². The highest BCUT2D eigenvalue weighted by atomic mass is 127. The fraction of sp³-hybridized carbons (Fsp3) is 0.263. The highest BCUT2D eigenvalue weighted by Gasteiger charge is 2.03. The van der Waals surface area contributed by atoms with Gasteiger partial charge in [0, 0.05) is 25.7 Å². The molecular weight excluding hydrogens is 427 g/mol. The van der Waals surface area contributed by atoms with Crippen LogP contribution in [0.3, 0.4) is 0 Å². The van der Waals surface area contributed by atoms with Crippen LogP contribution in [0.5, 0.6) is 0 Å². The number of primary amides is 1. The van der Waals surface area contributed by atoms with Crippen molar-refractivity contribution in [2.45, 2.75) is 26.4 Å². The average molecular weight is 452 g/mol. The molecule has 6 heteroatoms. The first kappa shape index (κ1) is 21.0. The highest BCUT2D eigenvalue weighted by Crippen LogP contribution is 2.09. The quantitative estimate of drug-likeness (QED) is 0.358. The second-order valence-corrected chi connectivity index (χ2v) is 5.46. The Morgan fingerprint density at radius 1 is 1.00 bits per heavy atom. The first-order valence-corrected chi connectivity index (χ1v) is 8.04. The number of nitrogens with two attached hydrogens (primary N) is 1. The predicted octanol–water partition coefficient (Wildman–Crippen LogP) is 2.83. The van der Waals surface area contributed by atoms with Gasteiger partial charge in [0.15, 0.2) is 5.96 Å². The SMILES string of the molecule is CCc1ccccc1CNC(=NC)NCc1ccc(C(N)=O)cc1.I. The second kappa shape index (κ2) is 10.7. The van der Waals surface area contributed by atoms with E-state index in [1.165, 1.54) is 11.1 Å². The largest absolute Gasteiger partial charge is 0.366 e. The second-order valence-electron chi connectivity index (χ2n) is 5.46. The van der Waals surface area contributed by atoms with Gasteiger partial charge in [-0.25, -0.2) is 0 Å². The summed E-state index contributed by atoms with van der Waals surface area (Å²) in [6.45, 7) is 3.50. The molecule has 0 aromatic heterocycles. The Hall–Kier alpha value is -2.09. The Kier molecular flexibility index (Phi) is 8.98. The number of halogens is 1. The number of hydrogen-bond acceptors (Lipinski definition) is 2. The van der Waals surface area contributed by atoms with Crippen LogP contribution in [-0.4, -0.2) is 18.9 Å². The van der Waals surface area contributed by atoms with Crippen molar-refractivity contribution in [3.05, 3.63) is 70.8 Å². The molecule has 5 nitrogen and oxygen atoms in total. The molecule has 0 aliphatic rings. The van der Waals surface area contributed by atoms with Crippen molar-refractivity contribution in [2.75, 3.05) is 7.05 Å². The van der Waals surface area contributed by atoms with Crippen LogP contribution >= 0.6 is 24.0 Å². The molecule has 0 saturated heterocycles. The van der Waals surface area contributed by atoms with Gasteiger partial charge in [0.2, 0.25) is 5.91 Å². The summed E-state index contributed by atoms with van der Waals surface area (Å²) >= 11 is 0. The molecule has 2 aromatic carbocycles. The molecule has 0 spiro atoms. The van der Waals surface area contributed by atoms with Gasteiger partial charge in [-0.05, 0) is 35.2 Å². The number of nitrogens with zero attached hydrogens (tertiary/aromatic N) is 1. The van der Waals surface area contributed by atoms with Gasteiger partial charge in [0.1, 0.15) is 0 Å². The number of carbonyl (C=O) groups is 1. The fourth-order valence-corrected chi connectivity index (χ4v) is 2.45. The maximum atomic E-state index is 11.1. The summed E-state index contributed by atoms with van der Waals surface area (Å²) in [5, 5.41) is 6.59. The molecule has 0 atom stereocenters. The molecule has 0 saturated carbocycles. The zero-order chi connectivity index (χ0) is 17.4. The Bertz CT molecular complexity index is 714. The molecule has 2 aromatic rings. The summed E-state index contributed by atoms with van der Waals surface area (Å²) < 4.78 is 0. The molecule has 4 N–H and O–H groups in total. The van der Waals surface area contributed by atoms with Crippen LogP contribution in [0.4, 0.5) is 0 Å². The van der Waals surface area contributed by atoms with Crippen LogP contribution < -0.4 is 16.4 Å². The van der Waals surface area contributed by atoms with Crippen LogP contribution in [0, 0.1) is 0 Å². The van der Waals surface area contributed by atoms with E-state index >= 15 is 0 Å². The molecular formula is C19H25IN4O. The molecule has 0 unspecified atom stereocenters. The van der Waals surface area contributed by atoms with Crippen LogP contribution in [0.15, 0.2) is 53.5 Å². The van der Waals surface area contributed by atoms with E-state index < -0.39 is 5.91 Å². The molecule has 0 radical (unpaired) electrons. The van der Waals surface area contributed by atoms with Gasteiger partial charge in [-0.3, -0.25) is 9.79 Å². The van der Waals surface area contributed by atoms with Gasteiger partial charge in [-0.2, -0.15) is 0 Å². The van der Waals surface area contributed by atoms with E-state index in [0.29, 0.717) is 12.1 Å². The third-order valence-corrected chi connectivity index (χ3v) is 3.87. The summed E-state index contributed by atoms with van der Waals surface area (Å²) in [5.41, 5.74) is 9.41. The Labute approximate surface area is 166 Å². The number of guanidine groups is 1. The van der Waals surface area contributed by atoms with Crippen LogP contribution in [0.25, 0.3) is 0 Å². The molecule has 1 amide bonds. The summed E-state index contributed by atoms with van der Waals surface area (Å²) in [6.07, 6.45) is 1.01. The first-order chi connectivity index (χ1) is 11.6. The van der Waals surface area contributed by atoms with Gasteiger partial charge >= 0.3 is 0 Å². The van der Waals surface area contributed by atoms with Gasteiger partial charge in [-0.15, -0.1) is 24.0 Å². The average Bonchev–Trinajstić information content (AvgIpc) is 2.62. The third-order valence-electron chi connectivity index (χ3n) is 3.87. The van der Waals surface area contributed by atoms with E-state index in [2.05, 4.69) is 40.7 Å². The van der Waals surface area contributed by atoms with Crippen molar-refractivity contribution in [3.63, 3.8) is 0 Å². The van der Waals surface area contributed by atoms with Crippen LogP contribution in [0.1, 0.15) is 34.0 Å². The third kappa shape index (κ3) is 6.38. The number of benzene rings is 2. The number of aryl methyl sites for hydroxylation is 1.